The summed E-state index contributed by atoms with van der Waals surface area (Å²) < 4.78 is 13.4. The van der Waals surface area contributed by atoms with Gasteiger partial charge in [0.15, 0.2) is 0 Å². The maximum atomic E-state index is 13.6. The van der Waals surface area contributed by atoms with Gasteiger partial charge in [-0.2, -0.15) is 0 Å². The molecule has 194 valence electrons. The van der Waals surface area contributed by atoms with E-state index in [0.29, 0.717) is 37.2 Å². The third-order valence-electron chi connectivity index (χ3n) is 5.72. The number of nitrogens with zero attached hydrogens (tertiary/aromatic N) is 3. The van der Waals surface area contributed by atoms with Gasteiger partial charge < -0.3 is 15.0 Å². The molecule has 0 aliphatic carbocycles. The van der Waals surface area contributed by atoms with Crippen LogP contribution in [0.3, 0.4) is 0 Å². The van der Waals surface area contributed by atoms with Gasteiger partial charge in [-0.25, -0.2) is 14.8 Å². The molecule has 0 saturated heterocycles. The maximum Gasteiger partial charge on any atom is 0.272 e. The van der Waals surface area contributed by atoms with E-state index < -0.39 is 11.7 Å². The standard InChI is InChI=1S/C27H29ClFN5O3/c1-3-4-9-20(10-7-5-6-8-15-35)33(2)27(37)24-17-23(32-25-13-14-31-34(24)25)26(36)30-18-19-11-12-22(29)21(28)16-19/h3-6,9,11-13,15-17,20,31H,1,7-8,10,14,18H2,2H3,(H,30,36)/b6-5+,9-4+. The van der Waals surface area contributed by atoms with E-state index in [4.69, 9.17) is 11.6 Å². The molecular formula is C27H29ClFN5O3. The third kappa shape index (κ3) is 7.34. The number of halogens is 2. The zero-order valence-electron chi connectivity index (χ0n) is 20.5. The van der Waals surface area contributed by atoms with Crippen LogP contribution in [-0.4, -0.2) is 53.4 Å². The highest BCUT2D eigenvalue weighted by Gasteiger charge is 2.33. The fourth-order valence-electron chi connectivity index (χ4n) is 3.74. The highest BCUT2D eigenvalue weighted by molar-refractivity contribution is 6.44. The minimum atomic E-state index is -0.539. The third-order valence-corrected chi connectivity index (χ3v) is 6.01. The lowest BCUT2D eigenvalue weighted by molar-refractivity contribution is -0.129. The van der Waals surface area contributed by atoms with Gasteiger partial charge in [-0.05, 0) is 36.6 Å². The number of amides is 2. The summed E-state index contributed by atoms with van der Waals surface area (Å²) in [5.41, 5.74) is 4.03. The number of carbonyl (C=O) groups is 3. The van der Waals surface area contributed by atoms with E-state index in [0.717, 1.165) is 6.29 Å². The summed E-state index contributed by atoms with van der Waals surface area (Å²) in [6.45, 7) is 4.27. The molecule has 1 atom stereocenters. The highest BCUT2D eigenvalue weighted by atomic mass is 35.5. The number of benzene rings is 1. The van der Waals surface area contributed by atoms with Crippen LogP contribution in [0.2, 0.25) is 5.02 Å². The van der Waals surface area contributed by atoms with E-state index in [2.05, 4.69) is 22.3 Å². The van der Waals surface area contributed by atoms with Crippen LogP contribution < -0.4 is 10.7 Å². The molecule has 1 aromatic carbocycles. The van der Waals surface area contributed by atoms with Gasteiger partial charge in [-0.3, -0.25) is 14.6 Å². The van der Waals surface area contributed by atoms with Gasteiger partial charge in [-0.1, -0.05) is 54.6 Å². The molecule has 2 amide bonds. The van der Waals surface area contributed by atoms with Gasteiger partial charge >= 0.3 is 0 Å². The Kier molecular flexibility index (Phi) is 10.1. The molecule has 1 aromatic rings. The first-order chi connectivity index (χ1) is 17.8. The summed E-state index contributed by atoms with van der Waals surface area (Å²) in [5.74, 6) is -0.877. The number of carbonyl (C=O) groups excluding carboxylic acids is 3. The quantitative estimate of drug-likeness (QED) is 0.247. The Balaban J connectivity index is 1.76. The van der Waals surface area contributed by atoms with Crippen molar-refractivity contribution in [3.63, 3.8) is 0 Å². The number of aliphatic imine (C=N–C) groups is 1. The molecule has 0 aromatic heterocycles. The molecule has 0 spiro atoms. The zero-order valence-corrected chi connectivity index (χ0v) is 21.2. The Morgan fingerprint density at radius 2 is 2.19 bits per heavy atom. The normalized spacial score (nSPS) is 15.6. The van der Waals surface area contributed by atoms with Crippen molar-refractivity contribution in [3.05, 3.63) is 95.2 Å². The highest BCUT2D eigenvalue weighted by Crippen LogP contribution is 2.24. The minimum absolute atomic E-state index is 0.0327. The first-order valence-corrected chi connectivity index (χ1v) is 12.1. The van der Waals surface area contributed by atoms with Gasteiger partial charge in [0.05, 0.1) is 11.1 Å². The molecule has 2 aliphatic heterocycles. The van der Waals surface area contributed by atoms with Crippen molar-refractivity contribution in [2.75, 3.05) is 13.6 Å². The molecule has 0 radical (unpaired) electrons. The van der Waals surface area contributed by atoms with Crippen molar-refractivity contribution < 1.29 is 18.8 Å². The van der Waals surface area contributed by atoms with Crippen LogP contribution in [0, 0.1) is 5.82 Å². The number of allylic oxidation sites excluding steroid dienone is 4. The van der Waals surface area contributed by atoms with Crippen LogP contribution in [0.4, 0.5) is 4.39 Å². The van der Waals surface area contributed by atoms with Gasteiger partial charge in [0.1, 0.15) is 29.3 Å². The SMILES string of the molecule is C=C/C=C/C(CC/C=C/CC=O)N(C)C(=O)C1=CC(C(=O)NCc2ccc(F)c(Cl)c2)=NC2=CCNN21. The first-order valence-electron chi connectivity index (χ1n) is 11.8. The van der Waals surface area contributed by atoms with E-state index in [1.54, 1.807) is 41.3 Å². The Morgan fingerprint density at radius 3 is 2.92 bits per heavy atom. The molecule has 0 bridgehead atoms. The molecule has 0 fully saturated rings. The number of likely N-dealkylation sites (N-methyl/N-ethyl adjacent to an activating group) is 1. The van der Waals surface area contributed by atoms with Crippen LogP contribution in [0.15, 0.2) is 83.8 Å². The molecule has 0 saturated carbocycles. The number of hydrazine groups is 1. The molecule has 2 N–H and O–H groups in total. The van der Waals surface area contributed by atoms with Gasteiger partial charge in [0.25, 0.3) is 11.8 Å². The number of nitrogens with one attached hydrogen (secondary N) is 2. The maximum absolute atomic E-state index is 13.6. The lowest BCUT2D eigenvalue weighted by Gasteiger charge is -2.32. The Labute approximate surface area is 220 Å². The average Bonchev–Trinajstić information content (AvgIpc) is 3.38. The molecule has 3 rings (SSSR count). The number of rotatable bonds is 12. The fraction of sp³-hybridized carbons (Fsp3) is 0.259. The van der Waals surface area contributed by atoms with Crippen molar-refractivity contribution in [2.45, 2.75) is 31.8 Å². The van der Waals surface area contributed by atoms with Gasteiger partial charge in [-0.15, -0.1) is 0 Å². The number of fused-ring (bicyclic) bond motifs is 1. The molecule has 1 unspecified atom stereocenters. The molecule has 37 heavy (non-hydrogen) atoms. The summed E-state index contributed by atoms with van der Waals surface area (Å²) in [4.78, 5) is 43.0. The van der Waals surface area contributed by atoms with E-state index in [-0.39, 0.29) is 34.9 Å². The van der Waals surface area contributed by atoms with E-state index in [9.17, 15) is 18.8 Å². The minimum Gasteiger partial charge on any atom is -0.347 e. The predicted molar refractivity (Wildman–Crippen MR) is 142 cm³/mol. The molecule has 2 heterocycles. The van der Waals surface area contributed by atoms with Gasteiger partial charge in [0, 0.05) is 32.6 Å². The zero-order chi connectivity index (χ0) is 26.8. The van der Waals surface area contributed by atoms with Crippen molar-refractivity contribution in [1.82, 2.24) is 20.7 Å². The number of hydrogen-bond donors (Lipinski definition) is 2. The van der Waals surface area contributed by atoms with Gasteiger partial charge in [0.2, 0.25) is 0 Å². The number of aldehydes is 1. The van der Waals surface area contributed by atoms with Crippen LogP contribution in [-0.2, 0) is 20.9 Å². The smallest absolute Gasteiger partial charge is 0.272 e. The van der Waals surface area contributed by atoms with E-state index in [1.165, 1.54) is 24.3 Å². The van der Waals surface area contributed by atoms with Crippen molar-refractivity contribution in [2.24, 2.45) is 4.99 Å². The Morgan fingerprint density at radius 1 is 1.38 bits per heavy atom. The largest absolute Gasteiger partial charge is 0.347 e. The second-order valence-corrected chi connectivity index (χ2v) is 8.68. The Hall–Kier alpha value is -3.82. The molecule has 10 heteroatoms. The van der Waals surface area contributed by atoms with Crippen molar-refractivity contribution in [1.29, 1.82) is 0 Å². The first kappa shape index (κ1) is 27.8. The molecule has 2 aliphatic rings. The van der Waals surface area contributed by atoms with Crippen LogP contribution in [0.25, 0.3) is 0 Å². The number of hydrogen-bond acceptors (Lipinski definition) is 6. The summed E-state index contributed by atoms with van der Waals surface area (Å²) in [7, 11) is 1.69. The fourth-order valence-corrected chi connectivity index (χ4v) is 3.95. The average molecular weight is 526 g/mol. The molecule has 8 nitrogen and oxygen atoms in total. The van der Waals surface area contributed by atoms with Crippen LogP contribution in [0.5, 0.6) is 0 Å². The lowest BCUT2D eigenvalue weighted by atomic mass is 10.1. The van der Waals surface area contributed by atoms with E-state index in [1.807, 2.05) is 12.2 Å². The second-order valence-electron chi connectivity index (χ2n) is 8.27. The topological polar surface area (TPSA) is 94.1 Å². The second kappa shape index (κ2) is 13.5. The Bertz CT molecular complexity index is 1200. The van der Waals surface area contributed by atoms with Crippen LogP contribution in [0.1, 0.15) is 24.8 Å². The van der Waals surface area contributed by atoms with Crippen molar-refractivity contribution in [3.8, 4) is 0 Å². The monoisotopic (exact) mass is 525 g/mol. The summed E-state index contributed by atoms with van der Waals surface area (Å²) >= 11 is 5.82. The molecular weight excluding hydrogens is 497 g/mol. The van der Waals surface area contributed by atoms with Crippen molar-refractivity contribution >= 4 is 35.4 Å². The van der Waals surface area contributed by atoms with Crippen LogP contribution >= 0.6 is 11.6 Å². The summed E-state index contributed by atoms with van der Waals surface area (Å²) in [5, 5.41) is 4.27. The predicted octanol–water partition coefficient (Wildman–Crippen LogP) is 3.59. The summed E-state index contributed by atoms with van der Waals surface area (Å²) in [6.07, 6.45) is 14.7. The lowest BCUT2D eigenvalue weighted by Crippen LogP contribution is -2.45. The summed E-state index contributed by atoms with van der Waals surface area (Å²) in [6, 6.07) is 3.95. The van der Waals surface area contributed by atoms with E-state index >= 15 is 0 Å².